The summed E-state index contributed by atoms with van der Waals surface area (Å²) in [7, 11) is 0. The van der Waals surface area contributed by atoms with E-state index in [9.17, 15) is 14.3 Å². The molecular weight excluding hydrogens is 449 g/mol. The van der Waals surface area contributed by atoms with E-state index in [-0.39, 0.29) is 23.7 Å². The highest BCUT2D eigenvalue weighted by atomic mass is 19.1. The molecule has 0 radical (unpaired) electrons. The molecule has 1 fully saturated rings. The zero-order chi connectivity index (χ0) is 24.2. The summed E-state index contributed by atoms with van der Waals surface area (Å²) in [5, 5.41) is 16.1. The van der Waals surface area contributed by atoms with E-state index in [0.717, 1.165) is 56.6 Å². The normalized spacial score (nSPS) is 19.9. The number of pyridine rings is 1. The molecule has 1 aliphatic carbocycles. The molecule has 9 heteroatoms. The van der Waals surface area contributed by atoms with Gasteiger partial charge in [0.25, 0.3) is 0 Å². The molecule has 35 heavy (non-hydrogen) atoms. The van der Waals surface area contributed by atoms with Gasteiger partial charge in [-0.1, -0.05) is 12.1 Å². The van der Waals surface area contributed by atoms with Crippen LogP contribution in [0.3, 0.4) is 0 Å². The van der Waals surface area contributed by atoms with E-state index in [0.29, 0.717) is 18.0 Å². The molecule has 1 atom stereocenters. The molecule has 3 N–H and O–H groups in total. The highest BCUT2D eigenvalue weighted by molar-refractivity contribution is 5.91. The number of carboxylic acids is 1. The summed E-state index contributed by atoms with van der Waals surface area (Å²) in [4.78, 5) is 24.7. The van der Waals surface area contributed by atoms with Crippen molar-refractivity contribution >= 4 is 28.5 Å². The Morgan fingerprint density at radius 1 is 1.26 bits per heavy atom. The Kier molecular flexibility index (Phi) is 7.03. The average molecular weight is 480 g/mol. The molecule has 0 bridgehead atoms. The Bertz CT molecular complexity index is 1200. The number of carbonyl (C=O) groups is 1. The number of nitrogens with one attached hydrogen (secondary N) is 2. The molecular formula is C26H30FN5O3. The molecule has 3 heterocycles. The number of ether oxygens (including phenoxy) is 1. The summed E-state index contributed by atoms with van der Waals surface area (Å²) in [5.41, 5.74) is 2.86. The molecule has 184 valence electrons. The van der Waals surface area contributed by atoms with E-state index in [1.165, 1.54) is 18.0 Å². The zero-order valence-electron chi connectivity index (χ0n) is 19.5. The summed E-state index contributed by atoms with van der Waals surface area (Å²) in [6, 6.07) is 7.93. The highest BCUT2D eigenvalue weighted by Gasteiger charge is 2.30. The number of benzene rings is 1. The lowest BCUT2D eigenvalue weighted by molar-refractivity contribution is -0.138. The first-order chi connectivity index (χ1) is 17.1. The maximum atomic E-state index is 14.3. The molecule has 5 rings (SSSR count). The lowest BCUT2D eigenvalue weighted by atomic mass is 9.79. The summed E-state index contributed by atoms with van der Waals surface area (Å²) in [6.45, 7) is 1.31. The molecule has 1 saturated carbocycles. The van der Waals surface area contributed by atoms with Crippen LogP contribution in [0.2, 0.25) is 0 Å². The fourth-order valence-corrected chi connectivity index (χ4v) is 4.86. The standard InChI is InChI=1S/C26H30FN5O3/c27-20-4-1-5-21-23(20)25(30-15-29-21)32-22(26(33)34)10-12-35-19-13-16(14-19)6-8-18-9-7-17-3-2-11-28-24(17)31-18/h1,4-5,7,9,15-16,19,22H,2-3,6,8,10-14H2,(H,28,31)(H,33,34)(H,29,30,32)/t16-,19-,22?. The van der Waals surface area contributed by atoms with Crippen LogP contribution in [0.1, 0.15) is 43.4 Å². The van der Waals surface area contributed by atoms with E-state index in [1.807, 2.05) is 0 Å². The van der Waals surface area contributed by atoms with Crippen molar-refractivity contribution in [3.8, 4) is 0 Å². The van der Waals surface area contributed by atoms with Gasteiger partial charge in [-0.15, -0.1) is 0 Å². The van der Waals surface area contributed by atoms with Gasteiger partial charge in [0, 0.05) is 25.3 Å². The van der Waals surface area contributed by atoms with E-state index >= 15 is 0 Å². The second-order valence-corrected chi connectivity index (χ2v) is 9.39. The van der Waals surface area contributed by atoms with Crippen molar-refractivity contribution in [1.29, 1.82) is 0 Å². The SMILES string of the molecule is O=C(O)C(CCO[C@H]1C[C@H](CCc2ccc3c(n2)NCCC3)C1)Nc1ncnc2cccc(F)c12. The number of rotatable bonds is 10. The van der Waals surface area contributed by atoms with Crippen molar-refractivity contribution in [2.24, 2.45) is 5.92 Å². The number of fused-ring (bicyclic) bond motifs is 2. The third-order valence-electron chi connectivity index (χ3n) is 6.93. The molecule has 3 aromatic rings. The predicted molar refractivity (Wildman–Crippen MR) is 131 cm³/mol. The molecule has 2 aliphatic rings. The fraction of sp³-hybridized carbons (Fsp3) is 0.462. The first-order valence-corrected chi connectivity index (χ1v) is 12.3. The predicted octanol–water partition coefficient (Wildman–Crippen LogP) is 4.21. The van der Waals surface area contributed by atoms with Crippen LogP contribution in [0.4, 0.5) is 16.0 Å². The van der Waals surface area contributed by atoms with Gasteiger partial charge in [-0.05, 0) is 68.2 Å². The maximum absolute atomic E-state index is 14.3. The monoisotopic (exact) mass is 479 g/mol. The van der Waals surface area contributed by atoms with E-state index < -0.39 is 17.8 Å². The summed E-state index contributed by atoms with van der Waals surface area (Å²) in [5.74, 6) is 0.302. The number of aromatic nitrogens is 3. The van der Waals surface area contributed by atoms with Gasteiger partial charge < -0.3 is 20.5 Å². The quantitative estimate of drug-likeness (QED) is 0.397. The average Bonchev–Trinajstić information content (AvgIpc) is 2.84. The Balaban J connectivity index is 1.06. The first kappa shape index (κ1) is 23.4. The van der Waals surface area contributed by atoms with Crippen LogP contribution in [0, 0.1) is 11.7 Å². The van der Waals surface area contributed by atoms with Crippen molar-refractivity contribution in [3.63, 3.8) is 0 Å². The number of hydrogen-bond donors (Lipinski definition) is 3. The van der Waals surface area contributed by atoms with Crippen molar-refractivity contribution in [2.45, 2.75) is 57.1 Å². The lowest BCUT2D eigenvalue weighted by Gasteiger charge is -2.35. The third-order valence-corrected chi connectivity index (χ3v) is 6.93. The van der Waals surface area contributed by atoms with Gasteiger partial charge in [0.2, 0.25) is 0 Å². The van der Waals surface area contributed by atoms with E-state index in [2.05, 4.69) is 32.7 Å². The van der Waals surface area contributed by atoms with Crippen LogP contribution < -0.4 is 10.6 Å². The summed E-state index contributed by atoms with van der Waals surface area (Å²) in [6.07, 6.45) is 7.97. The van der Waals surface area contributed by atoms with E-state index in [4.69, 9.17) is 9.72 Å². The second kappa shape index (κ2) is 10.5. The number of anilines is 2. The summed E-state index contributed by atoms with van der Waals surface area (Å²) >= 11 is 0. The van der Waals surface area contributed by atoms with Gasteiger partial charge >= 0.3 is 5.97 Å². The largest absolute Gasteiger partial charge is 0.480 e. The van der Waals surface area contributed by atoms with Gasteiger partial charge in [0.05, 0.1) is 17.0 Å². The number of aliphatic carboxylic acids is 1. The molecule has 2 aromatic heterocycles. The van der Waals surface area contributed by atoms with Crippen LogP contribution in [-0.4, -0.2) is 51.3 Å². The van der Waals surface area contributed by atoms with Gasteiger partial charge in [-0.2, -0.15) is 0 Å². The number of halogens is 1. The van der Waals surface area contributed by atoms with Crippen molar-refractivity contribution in [3.05, 3.63) is 53.7 Å². The summed E-state index contributed by atoms with van der Waals surface area (Å²) < 4.78 is 20.2. The Hall–Kier alpha value is -3.33. The van der Waals surface area contributed by atoms with Crippen molar-refractivity contribution in [1.82, 2.24) is 15.0 Å². The number of aryl methyl sites for hydroxylation is 2. The van der Waals surface area contributed by atoms with Crippen LogP contribution in [0.15, 0.2) is 36.7 Å². The van der Waals surface area contributed by atoms with Gasteiger partial charge in [0.15, 0.2) is 0 Å². The Morgan fingerprint density at radius 3 is 3.00 bits per heavy atom. The maximum Gasteiger partial charge on any atom is 0.326 e. The second-order valence-electron chi connectivity index (χ2n) is 9.39. The molecule has 1 aromatic carbocycles. The highest BCUT2D eigenvalue weighted by Crippen LogP contribution is 2.34. The molecule has 0 saturated heterocycles. The minimum atomic E-state index is -1.03. The topological polar surface area (TPSA) is 109 Å². The van der Waals surface area contributed by atoms with Crippen LogP contribution >= 0.6 is 0 Å². The molecule has 1 aliphatic heterocycles. The van der Waals surface area contributed by atoms with Crippen molar-refractivity contribution < 1.29 is 19.0 Å². The van der Waals surface area contributed by atoms with Crippen LogP contribution in [0.25, 0.3) is 10.9 Å². The van der Waals surface area contributed by atoms with Gasteiger partial charge in [0.1, 0.15) is 29.8 Å². The number of carboxylic acid groups (broad SMARTS) is 1. The minimum Gasteiger partial charge on any atom is -0.480 e. The van der Waals surface area contributed by atoms with Gasteiger partial charge in [-0.3, -0.25) is 0 Å². The molecule has 8 nitrogen and oxygen atoms in total. The lowest BCUT2D eigenvalue weighted by Crippen LogP contribution is -2.35. The van der Waals surface area contributed by atoms with Crippen LogP contribution in [-0.2, 0) is 22.4 Å². The fourth-order valence-electron chi connectivity index (χ4n) is 4.86. The minimum absolute atomic E-state index is 0.157. The first-order valence-electron chi connectivity index (χ1n) is 12.3. The third kappa shape index (κ3) is 5.51. The molecule has 1 unspecified atom stereocenters. The van der Waals surface area contributed by atoms with Crippen molar-refractivity contribution in [2.75, 3.05) is 23.8 Å². The van der Waals surface area contributed by atoms with E-state index in [1.54, 1.807) is 12.1 Å². The number of nitrogens with zero attached hydrogens (tertiary/aromatic N) is 3. The molecule has 0 amide bonds. The van der Waals surface area contributed by atoms with Gasteiger partial charge in [-0.25, -0.2) is 24.1 Å². The zero-order valence-corrected chi connectivity index (χ0v) is 19.5. The van der Waals surface area contributed by atoms with Crippen LogP contribution in [0.5, 0.6) is 0 Å². The smallest absolute Gasteiger partial charge is 0.326 e. The number of hydrogen-bond acceptors (Lipinski definition) is 7. The Labute approximate surface area is 203 Å². The Morgan fingerprint density at radius 2 is 2.14 bits per heavy atom. The molecule has 0 spiro atoms.